The van der Waals surface area contributed by atoms with Crippen molar-refractivity contribution in [2.75, 3.05) is 18.9 Å². The number of aliphatic hydroxyl groups excluding tert-OH is 1. The normalized spacial score (nSPS) is 14.5. The van der Waals surface area contributed by atoms with E-state index in [1.54, 1.807) is 17.8 Å². The third kappa shape index (κ3) is 4.26. The van der Waals surface area contributed by atoms with Crippen LogP contribution >= 0.6 is 11.8 Å². The summed E-state index contributed by atoms with van der Waals surface area (Å²) in [5.41, 5.74) is 0.731. The topological polar surface area (TPSA) is 32.3 Å². The van der Waals surface area contributed by atoms with E-state index in [1.807, 2.05) is 26.8 Å². The molecule has 0 radical (unpaired) electrons. The number of thioether (sulfide) groups is 1. The summed E-state index contributed by atoms with van der Waals surface area (Å²) in [5.74, 6) is 0.858. The SMILES string of the molecule is CCNC(C)c1c(F)cccc1SCC(C)CO. The molecule has 0 amide bonds. The van der Waals surface area contributed by atoms with Crippen molar-refractivity contribution in [3.63, 3.8) is 0 Å². The van der Waals surface area contributed by atoms with Crippen LogP contribution < -0.4 is 5.32 Å². The second kappa shape index (κ2) is 7.77. The van der Waals surface area contributed by atoms with Crippen LogP contribution in [0, 0.1) is 11.7 Å². The Balaban J connectivity index is 2.86. The van der Waals surface area contributed by atoms with Crippen LogP contribution in [0.1, 0.15) is 32.4 Å². The number of benzene rings is 1. The second-order valence-electron chi connectivity index (χ2n) is 4.53. The fraction of sp³-hybridized carbons (Fsp3) is 0.571. The van der Waals surface area contributed by atoms with E-state index >= 15 is 0 Å². The van der Waals surface area contributed by atoms with Crippen molar-refractivity contribution in [3.8, 4) is 0 Å². The Bertz CT molecular complexity index is 373. The lowest BCUT2D eigenvalue weighted by atomic mass is 10.1. The number of halogens is 1. The molecule has 0 aliphatic carbocycles. The summed E-state index contributed by atoms with van der Waals surface area (Å²) < 4.78 is 13.9. The number of hydrogen-bond acceptors (Lipinski definition) is 3. The first-order chi connectivity index (χ1) is 8.60. The second-order valence-corrected chi connectivity index (χ2v) is 5.59. The smallest absolute Gasteiger partial charge is 0.129 e. The van der Waals surface area contributed by atoms with E-state index in [0.717, 1.165) is 22.8 Å². The van der Waals surface area contributed by atoms with Gasteiger partial charge in [-0.05, 0) is 31.5 Å². The average Bonchev–Trinajstić information content (AvgIpc) is 2.36. The third-order valence-corrected chi connectivity index (χ3v) is 4.19. The van der Waals surface area contributed by atoms with Gasteiger partial charge in [0.05, 0.1) is 0 Å². The molecule has 0 aliphatic rings. The number of hydrogen-bond donors (Lipinski definition) is 2. The summed E-state index contributed by atoms with van der Waals surface area (Å²) in [7, 11) is 0. The van der Waals surface area contributed by atoms with Crippen LogP contribution in [-0.4, -0.2) is 24.0 Å². The van der Waals surface area contributed by atoms with Crippen molar-refractivity contribution in [3.05, 3.63) is 29.6 Å². The molecule has 2 nitrogen and oxygen atoms in total. The molecular formula is C14H22FNOS. The van der Waals surface area contributed by atoms with Gasteiger partial charge in [-0.15, -0.1) is 11.8 Å². The molecule has 0 aromatic heterocycles. The first-order valence-electron chi connectivity index (χ1n) is 6.35. The highest BCUT2D eigenvalue weighted by Crippen LogP contribution is 2.30. The fourth-order valence-corrected chi connectivity index (χ4v) is 2.93. The molecular weight excluding hydrogens is 249 g/mol. The molecule has 2 unspecified atom stereocenters. The van der Waals surface area contributed by atoms with E-state index in [2.05, 4.69) is 5.32 Å². The highest BCUT2D eigenvalue weighted by Gasteiger charge is 2.15. The standard InChI is InChI=1S/C14H22FNOS/c1-4-16-11(3)14-12(15)6-5-7-13(14)18-9-10(2)8-17/h5-7,10-11,16-17H,4,8-9H2,1-3H3. The van der Waals surface area contributed by atoms with Gasteiger partial charge in [-0.2, -0.15) is 0 Å². The van der Waals surface area contributed by atoms with E-state index in [0.29, 0.717) is 0 Å². The van der Waals surface area contributed by atoms with E-state index in [4.69, 9.17) is 5.11 Å². The Kier molecular flexibility index (Phi) is 6.68. The van der Waals surface area contributed by atoms with Gasteiger partial charge in [0.25, 0.3) is 0 Å². The predicted molar refractivity (Wildman–Crippen MR) is 75.5 cm³/mol. The maximum Gasteiger partial charge on any atom is 0.129 e. The average molecular weight is 271 g/mol. The van der Waals surface area contributed by atoms with Gasteiger partial charge in [-0.1, -0.05) is 19.9 Å². The van der Waals surface area contributed by atoms with Gasteiger partial charge in [-0.25, -0.2) is 4.39 Å². The van der Waals surface area contributed by atoms with Crippen molar-refractivity contribution >= 4 is 11.8 Å². The fourth-order valence-electron chi connectivity index (χ4n) is 1.76. The van der Waals surface area contributed by atoms with Crippen molar-refractivity contribution in [1.82, 2.24) is 5.32 Å². The summed E-state index contributed by atoms with van der Waals surface area (Å²) >= 11 is 1.61. The van der Waals surface area contributed by atoms with Crippen LogP contribution in [0.15, 0.2) is 23.1 Å². The Morgan fingerprint density at radius 1 is 1.39 bits per heavy atom. The lowest BCUT2D eigenvalue weighted by molar-refractivity contribution is 0.250. The minimum atomic E-state index is -0.162. The highest BCUT2D eigenvalue weighted by atomic mass is 32.2. The first-order valence-corrected chi connectivity index (χ1v) is 7.34. The van der Waals surface area contributed by atoms with Crippen LogP contribution in [0.25, 0.3) is 0 Å². The molecule has 0 saturated carbocycles. The molecule has 2 atom stereocenters. The molecule has 0 saturated heterocycles. The van der Waals surface area contributed by atoms with Crippen molar-refractivity contribution in [1.29, 1.82) is 0 Å². The van der Waals surface area contributed by atoms with Crippen LogP contribution in [0.5, 0.6) is 0 Å². The first kappa shape index (κ1) is 15.5. The molecule has 0 bridgehead atoms. The summed E-state index contributed by atoms with van der Waals surface area (Å²) in [5, 5.41) is 12.3. The number of rotatable bonds is 7. The van der Waals surface area contributed by atoms with Crippen molar-refractivity contribution in [2.45, 2.75) is 31.7 Å². The molecule has 18 heavy (non-hydrogen) atoms. The van der Waals surface area contributed by atoms with E-state index in [9.17, 15) is 4.39 Å². The largest absolute Gasteiger partial charge is 0.396 e. The lowest BCUT2D eigenvalue weighted by Crippen LogP contribution is -2.19. The summed E-state index contributed by atoms with van der Waals surface area (Å²) in [6.07, 6.45) is 0. The minimum absolute atomic E-state index is 0.00290. The maximum absolute atomic E-state index is 13.9. The van der Waals surface area contributed by atoms with E-state index in [1.165, 1.54) is 6.07 Å². The number of nitrogens with one attached hydrogen (secondary N) is 1. The third-order valence-electron chi connectivity index (χ3n) is 2.79. The molecule has 0 heterocycles. The quantitative estimate of drug-likeness (QED) is 0.747. The van der Waals surface area contributed by atoms with E-state index < -0.39 is 0 Å². The van der Waals surface area contributed by atoms with Crippen LogP contribution in [-0.2, 0) is 0 Å². The van der Waals surface area contributed by atoms with Gasteiger partial charge in [-0.3, -0.25) is 0 Å². The summed E-state index contributed by atoms with van der Waals surface area (Å²) in [4.78, 5) is 0.962. The van der Waals surface area contributed by atoms with Crippen LogP contribution in [0.4, 0.5) is 4.39 Å². The van der Waals surface area contributed by atoms with Gasteiger partial charge in [0, 0.05) is 28.9 Å². The molecule has 1 aromatic carbocycles. The summed E-state index contributed by atoms with van der Waals surface area (Å²) in [6, 6.07) is 5.19. The summed E-state index contributed by atoms with van der Waals surface area (Å²) in [6.45, 7) is 6.95. The Morgan fingerprint density at radius 3 is 2.72 bits per heavy atom. The maximum atomic E-state index is 13.9. The molecule has 2 N–H and O–H groups in total. The van der Waals surface area contributed by atoms with E-state index in [-0.39, 0.29) is 24.4 Å². The van der Waals surface area contributed by atoms with Crippen LogP contribution in [0.2, 0.25) is 0 Å². The van der Waals surface area contributed by atoms with Gasteiger partial charge >= 0.3 is 0 Å². The van der Waals surface area contributed by atoms with Gasteiger partial charge in [0.2, 0.25) is 0 Å². The molecule has 1 aromatic rings. The monoisotopic (exact) mass is 271 g/mol. The van der Waals surface area contributed by atoms with Gasteiger partial charge in [0.1, 0.15) is 5.82 Å². The zero-order chi connectivity index (χ0) is 13.5. The Morgan fingerprint density at radius 2 is 2.11 bits per heavy atom. The Hall–Kier alpha value is -0.580. The molecule has 4 heteroatoms. The minimum Gasteiger partial charge on any atom is -0.396 e. The van der Waals surface area contributed by atoms with Crippen LogP contribution in [0.3, 0.4) is 0 Å². The highest BCUT2D eigenvalue weighted by molar-refractivity contribution is 7.99. The molecule has 102 valence electrons. The van der Waals surface area contributed by atoms with Gasteiger partial charge in [0.15, 0.2) is 0 Å². The molecule has 1 rings (SSSR count). The van der Waals surface area contributed by atoms with Crippen molar-refractivity contribution < 1.29 is 9.50 Å². The lowest BCUT2D eigenvalue weighted by Gasteiger charge is -2.18. The zero-order valence-corrected chi connectivity index (χ0v) is 12.1. The molecule has 0 aliphatic heterocycles. The molecule has 0 spiro atoms. The van der Waals surface area contributed by atoms with Gasteiger partial charge < -0.3 is 10.4 Å². The zero-order valence-electron chi connectivity index (χ0n) is 11.2. The van der Waals surface area contributed by atoms with Crippen molar-refractivity contribution in [2.24, 2.45) is 5.92 Å². The molecule has 0 fully saturated rings. The Labute approximate surface area is 113 Å². The predicted octanol–water partition coefficient (Wildman–Crippen LogP) is 3.22. The number of aliphatic hydroxyl groups is 1.